The Bertz CT molecular complexity index is 1010. The molecule has 3 aromatic heterocycles. The molecule has 0 spiro atoms. The summed E-state index contributed by atoms with van der Waals surface area (Å²) in [6, 6.07) is 0. The molecule has 8 nitrogen and oxygen atoms in total. The van der Waals surface area contributed by atoms with Crippen molar-refractivity contribution in [3.8, 4) is 23.2 Å². The Labute approximate surface area is 177 Å². The molecule has 0 atom stereocenters. The van der Waals surface area contributed by atoms with Gasteiger partial charge in [-0.05, 0) is 0 Å². The Balaban J connectivity index is 2.24. The molecule has 0 saturated heterocycles. The minimum absolute atomic E-state index is 0.0104. The van der Waals surface area contributed by atoms with Gasteiger partial charge >= 0.3 is 5.69 Å². The van der Waals surface area contributed by atoms with Crippen LogP contribution in [0.3, 0.4) is 0 Å². The first-order valence-corrected chi connectivity index (χ1v) is 9.52. The van der Waals surface area contributed by atoms with Gasteiger partial charge in [0.15, 0.2) is 21.4 Å². The largest absolute Gasteiger partial charge is 0.443 e. The van der Waals surface area contributed by atoms with Gasteiger partial charge in [0.25, 0.3) is 0 Å². The van der Waals surface area contributed by atoms with E-state index in [0.29, 0.717) is 11.4 Å². The first-order chi connectivity index (χ1) is 13.3. The SMILES string of the molecule is CC(C)(C)c1coc(-c2nc(-c3nc(C(C)(C)C)co3)c(Cl)c([N+](=O)[O-])c2Cl)n1. The van der Waals surface area contributed by atoms with Gasteiger partial charge in [0.2, 0.25) is 11.8 Å². The lowest BCUT2D eigenvalue weighted by molar-refractivity contribution is -0.384. The average molecular weight is 439 g/mol. The van der Waals surface area contributed by atoms with E-state index >= 15 is 0 Å². The normalized spacial score (nSPS) is 12.4. The van der Waals surface area contributed by atoms with Crippen molar-refractivity contribution < 1.29 is 13.8 Å². The number of nitrogens with zero attached hydrogens (tertiary/aromatic N) is 4. The average Bonchev–Trinajstić information content (AvgIpc) is 3.23. The van der Waals surface area contributed by atoms with E-state index in [4.69, 9.17) is 32.0 Å². The van der Waals surface area contributed by atoms with Gasteiger partial charge in [-0.3, -0.25) is 10.1 Å². The van der Waals surface area contributed by atoms with Crippen LogP contribution in [-0.4, -0.2) is 19.9 Å². The van der Waals surface area contributed by atoms with Gasteiger partial charge in [-0.2, -0.15) is 0 Å². The van der Waals surface area contributed by atoms with Crippen molar-refractivity contribution in [2.75, 3.05) is 0 Å². The van der Waals surface area contributed by atoms with Crippen molar-refractivity contribution >= 4 is 28.9 Å². The van der Waals surface area contributed by atoms with Crippen molar-refractivity contribution in [2.45, 2.75) is 52.4 Å². The first-order valence-electron chi connectivity index (χ1n) is 8.77. The summed E-state index contributed by atoms with van der Waals surface area (Å²) >= 11 is 12.5. The lowest BCUT2D eigenvalue weighted by Crippen LogP contribution is -2.11. The van der Waals surface area contributed by atoms with E-state index in [0.717, 1.165) is 0 Å². The fraction of sp³-hybridized carbons (Fsp3) is 0.421. The minimum atomic E-state index is -0.680. The monoisotopic (exact) mass is 438 g/mol. The predicted octanol–water partition coefficient (Wildman–Crippen LogP) is 6.20. The summed E-state index contributed by atoms with van der Waals surface area (Å²) in [5.74, 6) is 0.0899. The van der Waals surface area contributed by atoms with Crippen LogP contribution in [0.2, 0.25) is 10.0 Å². The van der Waals surface area contributed by atoms with Crippen LogP contribution in [0.25, 0.3) is 23.2 Å². The summed E-state index contributed by atoms with van der Waals surface area (Å²) in [4.78, 5) is 24.1. The summed E-state index contributed by atoms with van der Waals surface area (Å²) in [5.41, 5.74) is 0.178. The quantitative estimate of drug-likeness (QED) is 0.353. The molecule has 0 aliphatic heterocycles. The summed E-state index contributed by atoms with van der Waals surface area (Å²) in [6.07, 6.45) is 2.94. The van der Waals surface area contributed by atoms with E-state index in [9.17, 15) is 10.1 Å². The lowest BCUT2D eigenvalue weighted by Gasteiger charge is -2.13. The minimum Gasteiger partial charge on any atom is -0.443 e. The Kier molecular flexibility index (Phi) is 5.21. The van der Waals surface area contributed by atoms with Gasteiger partial charge in [-0.15, -0.1) is 0 Å². The molecule has 0 amide bonds. The highest BCUT2D eigenvalue weighted by atomic mass is 35.5. The van der Waals surface area contributed by atoms with Crippen LogP contribution in [0.15, 0.2) is 21.4 Å². The molecule has 0 radical (unpaired) electrons. The van der Waals surface area contributed by atoms with E-state index < -0.39 is 10.6 Å². The number of hydrogen-bond donors (Lipinski definition) is 0. The molecule has 3 heterocycles. The fourth-order valence-electron chi connectivity index (χ4n) is 2.43. The maximum atomic E-state index is 11.6. The molecule has 0 fully saturated rings. The van der Waals surface area contributed by atoms with Crippen molar-refractivity contribution in [1.82, 2.24) is 15.0 Å². The van der Waals surface area contributed by atoms with Gasteiger partial charge in [0.1, 0.15) is 12.5 Å². The Morgan fingerprint density at radius 1 is 0.828 bits per heavy atom. The molecular weight excluding hydrogens is 419 g/mol. The maximum absolute atomic E-state index is 11.6. The molecule has 0 unspecified atom stereocenters. The van der Waals surface area contributed by atoms with E-state index in [1.54, 1.807) is 0 Å². The van der Waals surface area contributed by atoms with Crippen molar-refractivity contribution in [2.24, 2.45) is 0 Å². The van der Waals surface area contributed by atoms with E-state index in [2.05, 4.69) is 15.0 Å². The van der Waals surface area contributed by atoms with Crippen molar-refractivity contribution in [3.63, 3.8) is 0 Å². The number of rotatable bonds is 3. The van der Waals surface area contributed by atoms with E-state index in [-0.39, 0.29) is 44.0 Å². The number of oxazole rings is 2. The van der Waals surface area contributed by atoms with Gasteiger partial charge < -0.3 is 8.83 Å². The molecule has 29 heavy (non-hydrogen) atoms. The summed E-state index contributed by atoms with van der Waals surface area (Å²) in [7, 11) is 0. The number of aromatic nitrogens is 3. The van der Waals surface area contributed by atoms with Gasteiger partial charge in [0, 0.05) is 10.8 Å². The first kappa shape index (κ1) is 21.3. The van der Waals surface area contributed by atoms with Crippen LogP contribution < -0.4 is 0 Å². The number of pyridine rings is 1. The molecule has 3 aromatic rings. The van der Waals surface area contributed by atoms with Crippen LogP contribution in [0, 0.1) is 10.1 Å². The third kappa shape index (κ3) is 4.00. The zero-order valence-corrected chi connectivity index (χ0v) is 18.3. The zero-order valence-electron chi connectivity index (χ0n) is 16.8. The highest BCUT2D eigenvalue weighted by Gasteiger charge is 2.32. The topological polar surface area (TPSA) is 108 Å². The smallest absolute Gasteiger partial charge is 0.311 e. The van der Waals surface area contributed by atoms with Gasteiger partial charge in [0.05, 0.1) is 16.3 Å². The zero-order chi connectivity index (χ0) is 21.7. The Hall–Kier alpha value is -2.45. The third-order valence-electron chi connectivity index (χ3n) is 4.19. The van der Waals surface area contributed by atoms with Crippen molar-refractivity contribution in [1.29, 1.82) is 0 Å². The van der Waals surface area contributed by atoms with Crippen LogP contribution in [-0.2, 0) is 10.8 Å². The molecule has 0 aromatic carbocycles. The van der Waals surface area contributed by atoms with Gasteiger partial charge in [-0.1, -0.05) is 64.7 Å². The van der Waals surface area contributed by atoms with Gasteiger partial charge in [-0.25, -0.2) is 15.0 Å². The van der Waals surface area contributed by atoms with Crippen LogP contribution >= 0.6 is 23.2 Å². The fourth-order valence-corrected chi connectivity index (χ4v) is 3.05. The molecule has 154 valence electrons. The molecule has 0 aliphatic rings. The molecule has 3 rings (SSSR count). The maximum Gasteiger partial charge on any atom is 0.311 e. The van der Waals surface area contributed by atoms with E-state index in [1.807, 2.05) is 41.5 Å². The second-order valence-corrected chi connectivity index (χ2v) is 9.37. The summed E-state index contributed by atoms with van der Waals surface area (Å²) < 4.78 is 11.0. The van der Waals surface area contributed by atoms with Crippen LogP contribution in [0.4, 0.5) is 5.69 Å². The number of halogens is 2. The standard InChI is InChI=1S/C19H20Cl2N4O4/c1-18(2,3)9-7-28-16(22-9)13-11(20)15(25(26)27)12(21)14(24-13)17-23-10(8-29-17)19(4,5)6/h7-8H,1-6H3. The molecule has 0 N–H and O–H groups in total. The highest BCUT2D eigenvalue weighted by Crippen LogP contribution is 2.43. The number of nitro groups is 1. The highest BCUT2D eigenvalue weighted by molar-refractivity contribution is 6.40. The van der Waals surface area contributed by atoms with Crippen molar-refractivity contribution in [3.05, 3.63) is 44.1 Å². The molecule has 0 aliphatic carbocycles. The number of hydrogen-bond acceptors (Lipinski definition) is 7. The third-order valence-corrected chi connectivity index (χ3v) is 4.90. The molecular formula is C19H20Cl2N4O4. The van der Waals surface area contributed by atoms with Crippen LogP contribution in [0.1, 0.15) is 52.9 Å². The Morgan fingerprint density at radius 3 is 1.48 bits per heavy atom. The van der Waals surface area contributed by atoms with E-state index in [1.165, 1.54) is 12.5 Å². The molecule has 10 heteroatoms. The van der Waals surface area contributed by atoms with Crippen LogP contribution in [0.5, 0.6) is 0 Å². The second-order valence-electron chi connectivity index (χ2n) is 8.62. The molecule has 0 saturated carbocycles. The summed E-state index contributed by atoms with van der Waals surface area (Å²) in [6.45, 7) is 11.8. The molecule has 0 bridgehead atoms. The lowest BCUT2D eigenvalue weighted by atomic mass is 9.93. The second kappa shape index (κ2) is 7.11. The summed E-state index contributed by atoms with van der Waals surface area (Å²) in [5, 5.41) is 11.1. The predicted molar refractivity (Wildman–Crippen MR) is 109 cm³/mol. The Morgan fingerprint density at radius 2 is 1.21 bits per heavy atom.